The molecule has 1 saturated heterocycles. The van der Waals surface area contributed by atoms with Crippen molar-refractivity contribution in [1.82, 2.24) is 9.47 Å². The van der Waals surface area contributed by atoms with Crippen LogP contribution in [0.1, 0.15) is 65.4 Å². The number of ketones is 1. The highest BCUT2D eigenvalue weighted by atomic mass is 16.5. The molecule has 0 bridgehead atoms. The standard InChI is InChI=1S/C27H30N2O5/c1-27(2)16-24(31)20-5-6-23(30)21(25(20)34-27)10-13-28-11-8-19(9-12-28)29-14-7-17-3-4-18(26(32)33)15-22(17)29/h3-7,14-15,19,30H,8-13,16H2,1-2H3,(H,32,33). The van der Waals surface area contributed by atoms with E-state index in [-0.39, 0.29) is 11.5 Å². The van der Waals surface area contributed by atoms with Gasteiger partial charge in [-0.1, -0.05) is 6.07 Å². The monoisotopic (exact) mass is 462 g/mol. The number of nitrogens with zero attached hydrogens (tertiary/aromatic N) is 2. The van der Waals surface area contributed by atoms with E-state index in [0.29, 0.717) is 41.3 Å². The molecule has 0 amide bonds. The van der Waals surface area contributed by atoms with Gasteiger partial charge in [-0.3, -0.25) is 4.79 Å². The molecule has 7 nitrogen and oxygen atoms in total. The number of carbonyl (C=O) groups is 2. The highest BCUT2D eigenvalue weighted by Gasteiger charge is 2.35. The largest absolute Gasteiger partial charge is 0.508 e. The first-order chi connectivity index (χ1) is 16.2. The molecule has 2 N–H and O–H groups in total. The fraction of sp³-hybridized carbons (Fsp3) is 0.407. The van der Waals surface area contributed by atoms with Crippen LogP contribution in [0.3, 0.4) is 0 Å². The second kappa shape index (κ2) is 8.47. The third-order valence-corrected chi connectivity index (χ3v) is 7.10. The molecule has 0 saturated carbocycles. The van der Waals surface area contributed by atoms with Crippen molar-refractivity contribution in [3.8, 4) is 11.5 Å². The van der Waals surface area contributed by atoms with Gasteiger partial charge in [0.2, 0.25) is 0 Å². The Kier molecular flexibility index (Phi) is 5.60. The van der Waals surface area contributed by atoms with E-state index in [0.717, 1.165) is 43.4 Å². The summed E-state index contributed by atoms with van der Waals surface area (Å²) in [4.78, 5) is 26.3. The SMILES string of the molecule is CC1(C)CC(=O)c2ccc(O)c(CCN3CCC(n4ccc5ccc(C(=O)O)cc54)CC3)c2O1. The highest BCUT2D eigenvalue weighted by Crippen LogP contribution is 2.40. The Morgan fingerprint density at radius 2 is 1.91 bits per heavy atom. The zero-order chi connectivity index (χ0) is 24.0. The quantitative estimate of drug-likeness (QED) is 0.573. The van der Waals surface area contributed by atoms with E-state index in [1.807, 2.05) is 26.0 Å². The number of hydrogen-bond acceptors (Lipinski definition) is 5. The minimum Gasteiger partial charge on any atom is -0.508 e. The van der Waals surface area contributed by atoms with Crippen LogP contribution in [0.5, 0.6) is 11.5 Å². The molecular weight excluding hydrogens is 432 g/mol. The predicted molar refractivity (Wildman–Crippen MR) is 129 cm³/mol. The summed E-state index contributed by atoms with van der Waals surface area (Å²) in [6, 6.07) is 10.9. The minimum atomic E-state index is -0.912. The van der Waals surface area contributed by atoms with Gasteiger partial charge in [-0.25, -0.2) is 4.79 Å². The number of carbonyl (C=O) groups excluding carboxylic acids is 1. The highest BCUT2D eigenvalue weighted by molar-refractivity contribution is 6.01. The van der Waals surface area contributed by atoms with Crippen LogP contribution >= 0.6 is 0 Å². The number of carboxylic acids is 1. The molecule has 7 heteroatoms. The number of benzene rings is 2. The summed E-state index contributed by atoms with van der Waals surface area (Å²) in [5, 5.41) is 20.9. The van der Waals surface area contributed by atoms with Gasteiger partial charge in [-0.05, 0) is 68.8 Å². The van der Waals surface area contributed by atoms with E-state index in [9.17, 15) is 19.8 Å². The maximum absolute atomic E-state index is 12.6. The maximum atomic E-state index is 12.6. The topological polar surface area (TPSA) is 92.0 Å². The average Bonchev–Trinajstić information content (AvgIpc) is 3.21. The molecular formula is C27H30N2O5. The van der Waals surface area contributed by atoms with Gasteiger partial charge in [0.15, 0.2) is 5.78 Å². The molecule has 3 heterocycles. The predicted octanol–water partition coefficient (Wildman–Crippen LogP) is 4.67. The van der Waals surface area contributed by atoms with Gasteiger partial charge in [0.05, 0.1) is 17.5 Å². The van der Waals surface area contributed by atoms with Crippen molar-refractivity contribution in [3.63, 3.8) is 0 Å². The van der Waals surface area contributed by atoms with Gasteiger partial charge in [0, 0.05) is 43.0 Å². The van der Waals surface area contributed by atoms with Crippen LogP contribution in [0.2, 0.25) is 0 Å². The van der Waals surface area contributed by atoms with Crippen molar-refractivity contribution in [2.75, 3.05) is 19.6 Å². The number of carboxylic acid groups (broad SMARTS) is 1. The number of piperidine rings is 1. The number of Topliss-reactive ketones (excluding diaryl/α,β-unsaturated/α-hetero) is 1. The zero-order valence-electron chi connectivity index (χ0n) is 19.6. The van der Waals surface area contributed by atoms with Crippen LogP contribution in [0.25, 0.3) is 10.9 Å². The van der Waals surface area contributed by atoms with Crippen LogP contribution in [-0.2, 0) is 6.42 Å². The summed E-state index contributed by atoms with van der Waals surface area (Å²) < 4.78 is 8.34. The molecule has 2 aliphatic rings. The lowest BCUT2D eigenvalue weighted by atomic mass is 9.90. The van der Waals surface area contributed by atoms with Gasteiger partial charge in [0.25, 0.3) is 0 Å². The lowest BCUT2D eigenvalue weighted by Gasteiger charge is -2.35. The first-order valence-electron chi connectivity index (χ1n) is 11.9. The third-order valence-electron chi connectivity index (χ3n) is 7.10. The van der Waals surface area contributed by atoms with Crippen molar-refractivity contribution in [2.24, 2.45) is 0 Å². The number of hydrogen-bond donors (Lipinski definition) is 2. The second-order valence-corrected chi connectivity index (χ2v) is 10.0. The lowest BCUT2D eigenvalue weighted by molar-refractivity contribution is 0.0609. The van der Waals surface area contributed by atoms with Crippen molar-refractivity contribution in [2.45, 2.75) is 51.2 Å². The Hall–Kier alpha value is -3.32. The number of phenolic OH excluding ortho intramolecular Hbond substituents is 1. The normalized spacial score (nSPS) is 18.6. The lowest BCUT2D eigenvalue weighted by Crippen LogP contribution is -2.37. The van der Waals surface area contributed by atoms with Crippen molar-refractivity contribution < 1.29 is 24.5 Å². The molecule has 0 aliphatic carbocycles. The molecule has 1 aromatic heterocycles. The first-order valence-corrected chi connectivity index (χ1v) is 11.9. The fourth-order valence-corrected chi connectivity index (χ4v) is 5.28. The number of ether oxygens (including phenoxy) is 1. The zero-order valence-corrected chi connectivity index (χ0v) is 19.6. The molecule has 0 radical (unpaired) electrons. The third kappa shape index (κ3) is 4.16. The van der Waals surface area contributed by atoms with Gasteiger partial charge in [-0.15, -0.1) is 0 Å². The average molecular weight is 463 g/mol. The molecule has 5 rings (SSSR count). The molecule has 0 unspecified atom stereocenters. The number of aromatic nitrogens is 1. The van der Waals surface area contributed by atoms with Crippen LogP contribution in [0, 0.1) is 0 Å². The Bertz CT molecular complexity index is 1270. The number of aromatic hydroxyl groups is 1. The van der Waals surface area contributed by atoms with Crippen LogP contribution in [0.4, 0.5) is 0 Å². The van der Waals surface area contributed by atoms with Crippen LogP contribution in [0.15, 0.2) is 42.6 Å². The van der Waals surface area contributed by atoms with E-state index in [2.05, 4.69) is 15.7 Å². The van der Waals surface area contributed by atoms with Gasteiger partial charge in [0.1, 0.15) is 17.1 Å². The number of fused-ring (bicyclic) bond motifs is 2. The fourth-order valence-electron chi connectivity index (χ4n) is 5.28. The summed E-state index contributed by atoms with van der Waals surface area (Å²) in [6.45, 7) is 6.38. The van der Waals surface area contributed by atoms with E-state index in [4.69, 9.17) is 4.74 Å². The van der Waals surface area contributed by atoms with E-state index in [1.165, 1.54) is 0 Å². The number of phenols is 1. The molecule has 34 heavy (non-hydrogen) atoms. The van der Waals surface area contributed by atoms with Crippen molar-refractivity contribution in [3.05, 3.63) is 59.3 Å². The molecule has 0 spiro atoms. The second-order valence-electron chi connectivity index (χ2n) is 10.0. The number of likely N-dealkylation sites (tertiary alicyclic amines) is 1. The number of rotatable bonds is 5. The Balaban J connectivity index is 1.27. The Morgan fingerprint density at radius 1 is 1.15 bits per heavy atom. The first kappa shape index (κ1) is 22.5. The summed E-state index contributed by atoms with van der Waals surface area (Å²) in [7, 11) is 0. The summed E-state index contributed by atoms with van der Waals surface area (Å²) >= 11 is 0. The molecule has 3 aromatic rings. The Morgan fingerprint density at radius 3 is 2.65 bits per heavy atom. The summed E-state index contributed by atoms with van der Waals surface area (Å²) in [6.07, 6.45) is 4.92. The van der Waals surface area contributed by atoms with E-state index in [1.54, 1.807) is 24.3 Å². The van der Waals surface area contributed by atoms with Crippen molar-refractivity contribution in [1.29, 1.82) is 0 Å². The molecule has 178 valence electrons. The van der Waals surface area contributed by atoms with Gasteiger partial charge in [-0.2, -0.15) is 0 Å². The van der Waals surface area contributed by atoms with E-state index >= 15 is 0 Å². The Labute approximate surface area is 198 Å². The molecule has 1 fully saturated rings. The smallest absolute Gasteiger partial charge is 0.335 e. The maximum Gasteiger partial charge on any atom is 0.335 e. The molecule has 2 aromatic carbocycles. The van der Waals surface area contributed by atoms with Crippen LogP contribution < -0.4 is 4.74 Å². The summed E-state index contributed by atoms with van der Waals surface area (Å²) in [5.74, 6) is -0.153. The summed E-state index contributed by atoms with van der Waals surface area (Å²) in [5.41, 5.74) is 1.96. The van der Waals surface area contributed by atoms with Crippen LogP contribution in [-0.4, -0.2) is 56.7 Å². The molecule has 2 aliphatic heterocycles. The number of aromatic carboxylic acids is 1. The van der Waals surface area contributed by atoms with Gasteiger partial charge >= 0.3 is 5.97 Å². The van der Waals surface area contributed by atoms with Gasteiger partial charge < -0.3 is 24.4 Å². The minimum absolute atomic E-state index is 0.0540. The molecule has 0 atom stereocenters. The van der Waals surface area contributed by atoms with Crippen molar-refractivity contribution >= 4 is 22.7 Å². The van der Waals surface area contributed by atoms with E-state index < -0.39 is 11.6 Å².